The van der Waals surface area contributed by atoms with Gasteiger partial charge in [-0.15, -0.1) is 11.3 Å². The van der Waals surface area contributed by atoms with E-state index in [-0.39, 0.29) is 12.1 Å². The number of hydrogen-bond acceptors (Lipinski definition) is 7. The number of nitrogens with one attached hydrogen (secondary N) is 1. The first-order chi connectivity index (χ1) is 14.9. The summed E-state index contributed by atoms with van der Waals surface area (Å²) < 4.78 is 5.27. The van der Waals surface area contributed by atoms with Gasteiger partial charge in [-0.1, -0.05) is 6.92 Å². The van der Waals surface area contributed by atoms with Crippen LogP contribution in [0.5, 0.6) is 0 Å². The van der Waals surface area contributed by atoms with E-state index in [2.05, 4.69) is 11.4 Å². The number of hydrogen-bond donors (Lipinski definition) is 1. The van der Waals surface area contributed by atoms with E-state index in [4.69, 9.17) is 4.74 Å². The normalized spacial score (nSPS) is 13.8. The minimum absolute atomic E-state index is 0.0468. The van der Waals surface area contributed by atoms with Gasteiger partial charge in [0.05, 0.1) is 10.5 Å². The summed E-state index contributed by atoms with van der Waals surface area (Å²) in [4.78, 5) is 36.1. The molecule has 1 aromatic heterocycles. The number of benzene rings is 1. The average molecular weight is 439 g/mol. The van der Waals surface area contributed by atoms with Crippen molar-refractivity contribution in [2.45, 2.75) is 45.1 Å². The Hall–Kier alpha value is -3.51. The van der Waals surface area contributed by atoms with Crippen LogP contribution in [-0.2, 0) is 27.2 Å². The summed E-state index contributed by atoms with van der Waals surface area (Å²) in [6.45, 7) is 1.72. The van der Waals surface area contributed by atoms with Crippen molar-refractivity contribution in [1.82, 2.24) is 0 Å². The molecule has 0 saturated carbocycles. The quantitative estimate of drug-likeness (QED) is 0.296. The van der Waals surface area contributed by atoms with Crippen molar-refractivity contribution in [2.24, 2.45) is 0 Å². The fourth-order valence-electron chi connectivity index (χ4n) is 3.34. The Kier molecular flexibility index (Phi) is 7.15. The summed E-state index contributed by atoms with van der Waals surface area (Å²) in [5, 5.41) is 23.5. The first kappa shape index (κ1) is 22.2. The number of nitrogens with zero attached hydrogens (tertiary/aromatic N) is 2. The smallest absolute Gasteiger partial charge is 0.331 e. The summed E-state index contributed by atoms with van der Waals surface area (Å²) in [6, 6.07) is 7.87. The molecule has 8 nitrogen and oxygen atoms in total. The van der Waals surface area contributed by atoms with Gasteiger partial charge in [0.25, 0.3) is 11.6 Å². The van der Waals surface area contributed by atoms with Crippen LogP contribution in [0.25, 0.3) is 6.08 Å². The third-order valence-electron chi connectivity index (χ3n) is 4.96. The van der Waals surface area contributed by atoms with Crippen molar-refractivity contribution in [2.75, 3.05) is 5.32 Å². The Bertz CT molecular complexity index is 1070. The van der Waals surface area contributed by atoms with E-state index in [1.807, 2.05) is 0 Å². The molecular weight excluding hydrogens is 418 g/mol. The van der Waals surface area contributed by atoms with Gasteiger partial charge < -0.3 is 10.1 Å². The molecule has 3 rings (SSSR count). The van der Waals surface area contributed by atoms with Crippen LogP contribution in [0.15, 0.2) is 30.3 Å². The monoisotopic (exact) mass is 439 g/mol. The number of non-ortho nitro benzene ring substituents is 1. The first-order valence-corrected chi connectivity index (χ1v) is 10.7. The number of rotatable bonds is 7. The Morgan fingerprint density at radius 3 is 2.68 bits per heavy atom. The first-order valence-electron chi connectivity index (χ1n) is 9.91. The standard InChI is InChI=1S/C22H21N3O5S/c1-2-18(30-20(26)12-9-14-7-10-15(11-8-14)25(28)29)21(27)24-22-17(13-23)16-5-3-4-6-19(16)31-22/h7-12,18H,2-6H2,1H3,(H,24,27)/b12-9+/t18-/m1/s1. The number of nitriles is 1. The molecule has 160 valence electrons. The van der Waals surface area contributed by atoms with Crippen LogP contribution in [-0.4, -0.2) is 22.9 Å². The van der Waals surface area contributed by atoms with Crippen molar-refractivity contribution in [3.63, 3.8) is 0 Å². The number of anilines is 1. The minimum atomic E-state index is -1.00. The molecular formula is C22H21N3O5S. The largest absolute Gasteiger partial charge is 0.449 e. The second-order valence-corrected chi connectivity index (χ2v) is 8.14. The highest BCUT2D eigenvalue weighted by atomic mass is 32.1. The number of nitro groups is 1. The van der Waals surface area contributed by atoms with Crippen LogP contribution in [0.3, 0.4) is 0 Å². The molecule has 1 N–H and O–H groups in total. The van der Waals surface area contributed by atoms with E-state index in [1.54, 1.807) is 6.92 Å². The maximum atomic E-state index is 12.7. The highest BCUT2D eigenvalue weighted by molar-refractivity contribution is 7.16. The van der Waals surface area contributed by atoms with E-state index in [0.717, 1.165) is 36.1 Å². The zero-order chi connectivity index (χ0) is 22.4. The van der Waals surface area contributed by atoms with Crippen LogP contribution in [0.4, 0.5) is 10.7 Å². The van der Waals surface area contributed by atoms with E-state index in [9.17, 15) is 25.0 Å². The van der Waals surface area contributed by atoms with Crippen molar-refractivity contribution in [3.05, 3.63) is 62.0 Å². The van der Waals surface area contributed by atoms with E-state index >= 15 is 0 Å². The third-order valence-corrected chi connectivity index (χ3v) is 6.16. The summed E-state index contributed by atoms with van der Waals surface area (Å²) in [6.07, 6.45) is 5.74. The zero-order valence-corrected chi connectivity index (χ0v) is 17.7. The molecule has 0 saturated heterocycles. The topological polar surface area (TPSA) is 122 Å². The summed E-state index contributed by atoms with van der Waals surface area (Å²) in [5.74, 6) is -1.18. The highest BCUT2D eigenvalue weighted by Gasteiger charge is 2.25. The lowest BCUT2D eigenvalue weighted by molar-refractivity contribution is -0.384. The number of fused-ring (bicyclic) bond motifs is 1. The molecule has 0 fully saturated rings. The van der Waals surface area contributed by atoms with Gasteiger partial charge in [0, 0.05) is 23.1 Å². The summed E-state index contributed by atoms with van der Waals surface area (Å²) >= 11 is 1.42. The van der Waals surface area contributed by atoms with Gasteiger partial charge in [-0.2, -0.15) is 5.26 Å². The van der Waals surface area contributed by atoms with Gasteiger partial charge in [-0.25, -0.2) is 4.79 Å². The lowest BCUT2D eigenvalue weighted by Gasteiger charge is -2.14. The fraction of sp³-hybridized carbons (Fsp3) is 0.318. The van der Waals surface area contributed by atoms with Crippen molar-refractivity contribution >= 4 is 40.0 Å². The molecule has 0 radical (unpaired) electrons. The number of ether oxygens (including phenoxy) is 1. The zero-order valence-electron chi connectivity index (χ0n) is 16.9. The van der Waals surface area contributed by atoms with E-state index in [1.165, 1.54) is 47.8 Å². The molecule has 1 aromatic carbocycles. The number of carbonyl (C=O) groups excluding carboxylic acids is 2. The molecule has 1 aliphatic rings. The fourth-order valence-corrected chi connectivity index (χ4v) is 4.58. The molecule has 0 bridgehead atoms. The summed E-state index contributed by atoms with van der Waals surface area (Å²) in [7, 11) is 0. The van der Waals surface area contributed by atoms with E-state index < -0.39 is 22.9 Å². The Balaban J connectivity index is 1.63. The lowest BCUT2D eigenvalue weighted by Crippen LogP contribution is -2.31. The predicted octanol–water partition coefficient (Wildman–Crippen LogP) is 4.38. The molecule has 1 aliphatic carbocycles. The number of carbonyl (C=O) groups is 2. The van der Waals surface area contributed by atoms with Crippen LogP contribution in [0.1, 0.15) is 47.8 Å². The van der Waals surface area contributed by atoms with Crippen molar-refractivity contribution in [3.8, 4) is 6.07 Å². The van der Waals surface area contributed by atoms with Crippen molar-refractivity contribution in [1.29, 1.82) is 5.26 Å². The second-order valence-electron chi connectivity index (χ2n) is 7.03. The van der Waals surface area contributed by atoms with E-state index in [0.29, 0.717) is 16.1 Å². The summed E-state index contributed by atoms with van der Waals surface area (Å²) in [5.41, 5.74) is 2.06. The predicted molar refractivity (Wildman–Crippen MR) is 117 cm³/mol. The molecule has 1 heterocycles. The van der Waals surface area contributed by atoms with Crippen LogP contribution in [0.2, 0.25) is 0 Å². The van der Waals surface area contributed by atoms with Gasteiger partial charge in [0.1, 0.15) is 11.1 Å². The molecule has 0 aliphatic heterocycles. The molecule has 9 heteroatoms. The highest BCUT2D eigenvalue weighted by Crippen LogP contribution is 2.37. The molecule has 0 spiro atoms. The molecule has 0 unspecified atom stereocenters. The molecule has 1 amide bonds. The van der Waals surface area contributed by atoms with Gasteiger partial charge in [0.15, 0.2) is 6.10 Å². The maximum absolute atomic E-state index is 12.7. The number of aryl methyl sites for hydroxylation is 1. The Morgan fingerprint density at radius 2 is 2.03 bits per heavy atom. The maximum Gasteiger partial charge on any atom is 0.331 e. The van der Waals surface area contributed by atoms with Gasteiger partial charge >= 0.3 is 5.97 Å². The van der Waals surface area contributed by atoms with Crippen LogP contribution >= 0.6 is 11.3 Å². The SMILES string of the molecule is CC[C@@H](OC(=O)/C=C/c1ccc([N+](=O)[O-])cc1)C(=O)Nc1sc2c(c1C#N)CCCC2. The second kappa shape index (κ2) is 10.00. The van der Waals surface area contributed by atoms with Gasteiger partial charge in [-0.05, 0) is 61.4 Å². The number of amides is 1. The lowest BCUT2D eigenvalue weighted by atomic mass is 9.96. The third kappa shape index (κ3) is 5.35. The minimum Gasteiger partial charge on any atom is -0.449 e. The van der Waals surface area contributed by atoms with Crippen LogP contribution in [0, 0.1) is 21.4 Å². The Morgan fingerprint density at radius 1 is 1.32 bits per heavy atom. The van der Waals surface area contributed by atoms with Gasteiger partial charge in [0.2, 0.25) is 0 Å². The number of nitro benzene ring substituents is 1. The van der Waals surface area contributed by atoms with Crippen LogP contribution < -0.4 is 5.32 Å². The average Bonchev–Trinajstić information content (AvgIpc) is 3.12. The number of esters is 1. The van der Waals surface area contributed by atoms with Crippen molar-refractivity contribution < 1.29 is 19.2 Å². The molecule has 31 heavy (non-hydrogen) atoms. The molecule has 2 aromatic rings. The Labute approximate surface area is 183 Å². The number of thiophene rings is 1. The molecule has 1 atom stereocenters. The van der Waals surface area contributed by atoms with Gasteiger partial charge in [-0.3, -0.25) is 14.9 Å².